The van der Waals surface area contributed by atoms with Gasteiger partial charge in [0, 0.05) is 5.41 Å². The van der Waals surface area contributed by atoms with Gasteiger partial charge in [-0.15, -0.1) is 0 Å². The van der Waals surface area contributed by atoms with Crippen LogP contribution in [0.5, 0.6) is 0 Å². The maximum Gasteiger partial charge on any atom is 0.340 e. The van der Waals surface area contributed by atoms with Crippen molar-refractivity contribution in [1.82, 2.24) is 19.5 Å². The molecule has 0 aliphatic heterocycles. The smallest absolute Gasteiger partial charge is 0.340 e. The van der Waals surface area contributed by atoms with E-state index in [1.165, 1.54) is 12.7 Å². The number of fused-ring (bicyclic) bond motifs is 2. The van der Waals surface area contributed by atoms with Crippen LogP contribution in [-0.4, -0.2) is 69.1 Å². The number of nitrogen functional groups attached to an aromatic ring is 1. The second kappa shape index (κ2) is 6.28. The minimum absolute atomic E-state index is 0.167. The fourth-order valence-corrected chi connectivity index (χ4v) is 6.74. The molecule has 154 valence electrons. The first-order valence-electron chi connectivity index (χ1n) is 8.25. The highest BCUT2D eigenvalue weighted by molar-refractivity contribution is 7.70. The Kier molecular flexibility index (Phi) is 4.46. The number of hydrogen-bond acceptors (Lipinski definition) is 9. The van der Waals surface area contributed by atoms with Crippen molar-refractivity contribution in [3.8, 4) is 0 Å². The topological polar surface area (TPSA) is 214 Å². The molecule has 4 rings (SSSR count). The van der Waals surface area contributed by atoms with E-state index in [1.807, 2.05) is 0 Å². The molecule has 2 saturated carbocycles. The van der Waals surface area contributed by atoms with Crippen molar-refractivity contribution in [2.75, 3.05) is 18.2 Å². The molecule has 2 heterocycles. The number of aliphatic hydroxyl groups excluding tert-OH is 2. The highest BCUT2D eigenvalue weighted by Gasteiger charge is 2.72. The first kappa shape index (κ1) is 19.9. The lowest BCUT2D eigenvalue weighted by molar-refractivity contribution is -0.0281. The van der Waals surface area contributed by atoms with Crippen LogP contribution in [-0.2, 0) is 13.7 Å². The van der Waals surface area contributed by atoms with Crippen molar-refractivity contribution in [3.05, 3.63) is 12.7 Å². The predicted molar refractivity (Wildman–Crippen MR) is 94.0 cm³/mol. The zero-order valence-electron chi connectivity index (χ0n) is 14.3. The van der Waals surface area contributed by atoms with Crippen molar-refractivity contribution in [2.24, 2.45) is 11.3 Å². The average Bonchev–Trinajstić information content (AvgIpc) is 3.06. The van der Waals surface area contributed by atoms with Gasteiger partial charge in [-0.1, -0.05) is 0 Å². The zero-order valence-corrected chi connectivity index (χ0v) is 16.1. The standard InChI is InChI=1S/C13H19N5O8P2/c14-11-7-12(16-3-15-11)18(4-17-7)8-6-1-13(6,10(20)9(8)19)2-26-28(24,25)5-27(21,22)23/h3-4,6,8-10,19-20H,1-2,5H2,(H,24,25)(H2,14,15,16)(H2,21,22,23)/t6-,8-,9+,10+,13?/m1/s1. The van der Waals surface area contributed by atoms with E-state index in [9.17, 15) is 24.2 Å². The quantitative estimate of drug-likeness (QED) is 0.302. The van der Waals surface area contributed by atoms with E-state index in [4.69, 9.17) is 20.0 Å². The van der Waals surface area contributed by atoms with E-state index >= 15 is 0 Å². The van der Waals surface area contributed by atoms with Gasteiger partial charge >= 0.3 is 15.2 Å². The monoisotopic (exact) mass is 435 g/mol. The van der Waals surface area contributed by atoms with Gasteiger partial charge in [0.25, 0.3) is 0 Å². The van der Waals surface area contributed by atoms with Crippen molar-refractivity contribution in [1.29, 1.82) is 0 Å². The van der Waals surface area contributed by atoms with Crippen LogP contribution >= 0.6 is 15.2 Å². The summed E-state index contributed by atoms with van der Waals surface area (Å²) in [6, 6.07) is -0.627. The molecule has 0 bridgehead atoms. The number of aliphatic hydroxyl groups is 2. The minimum Gasteiger partial charge on any atom is -0.390 e. The molecule has 2 unspecified atom stereocenters. The van der Waals surface area contributed by atoms with E-state index in [2.05, 4.69) is 15.0 Å². The summed E-state index contributed by atoms with van der Waals surface area (Å²) in [5.74, 6) is -1.47. The molecule has 0 spiro atoms. The van der Waals surface area contributed by atoms with E-state index in [-0.39, 0.29) is 11.7 Å². The third-order valence-corrected chi connectivity index (χ3v) is 8.90. The fraction of sp³-hybridized carbons (Fsp3) is 0.615. The Morgan fingerprint density at radius 3 is 2.64 bits per heavy atom. The fourth-order valence-electron chi connectivity index (χ4n) is 4.11. The molecule has 2 aliphatic rings. The van der Waals surface area contributed by atoms with Gasteiger partial charge in [0.05, 0.1) is 25.1 Å². The van der Waals surface area contributed by atoms with Crippen molar-refractivity contribution >= 4 is 32.2 Å². The van der Waals surface area contributed by atoms with Gasteiger partial charge in [-0.2, -0.15) is 0 Å². The van der Waals surface area contributed by atoms with Crippen LogP contribution in [0.15, 0.2) is 12.7 Å². The first-order valence-corrected chi connectivity index (χ1v) is 11.8. The normalized spacial score (nSPS) is 34.3. The van der Waals surface area contributed by atoms with Crippen molar-refractivity contribution in [3.63, 3.8) is 0 Å². The van der Waals surface area contributed by atoms with E-state index < -0.39 is 51.4 Å². The lowest BCUT2D eigenvalue weighted by Gasteiger charge is -2.24. The number of aromatic nitrogens is 4. The number of imidazole rings is 1. The Morgan fingerprint density at radius 2 is 1.96 bits per heavy atom. The number of rotatable bonds is 6. The molecule has 0 radical (unpaired) electrons. The van der Waals surface area contributed by atoms with Gasteiger partial charge in [0.15, 0.2) is 17.4 Å². The molecular weight excluding hydrogens is 416 g/mol. The Balaban J connectivity index is 1.57. The minimum atomic E-state index is -4.76. The largest absolute Gasteiger partial charge is 0.390 e. The van der Waals surface area contributed by atoms with E-state index in [0.717, 1.165) is 0 Å². The number of hydrogen-bond donors (Lipinski definition) is 6. The van der Waals surface area contributed by atoms with Crippen LogP contribution in [0.2, 0.25) is 0 Å². The molecular formula is C13H19N5O8P2. The van der Waals surface area contributed by atoms with Crippen LogP contribution in [0.3, 0.4) is 0 Å². The third-order valence-electron chi connectivity index (χ3n) is 5.46. The Hall–Kier alpha value is -1.43. The second-order valence-electron chi connectivity index (χ2n) is 7.27. The van der Waals surface area contributed by atoms with Gasteiger partial charge in [-0.05, 0) is 12.3 Å². The van der Waals surface area contributed by atoms with Crippen LogP contribution in [0.4, 0.5) is 5.82 Å². The van der Waals surface area contributed by atoms with Crippen LogP contribution in [0.25, 0.3) is 11.2 Å². The van der Waals surface area contributed by atoms with Crippen molar-refractivity contribution in [2.45, 2.75) is 24.7 Å². The van der Waals surface area contributed by atoms with Gasteiger partial charge in [0.2, 0.25) is 0 Å². The molecule has 0 aromatic carbocycles. The zero-order chi connectivity index (χ0) is 20.5. The Labute approximate surface area is 157 Å². The van der Waals surface area contributed by atoms with E-state index in [1.54, 1.807) is 4.57 Å². The lowest BCUT2D eigenvalue weighted by Crippen LogP contribution is -2.35. The van der Waals surface area contributed by atoms with Crippen LogP contribution in [0, 0.1) is 11.3 Å². The molecule has 28 heavy (non-hydrogen) atoms. The highest BCUT2D eigenvalue weighted by atomic mass is 31.2. The highest BCUT2D eigenvalue weighted by Crippen LogP contribution is 2.69. The van der Waals surface area contributed by atoms with Gasteiger partial charge in [0.1, 0.15) is 17.9 Å². The summed E-state index contributed by atoms with van der Waals surface area (Å²) < 4.78 is 29.4. The average molecular weight is 435 g/mol. The molecule has 6 atom stereocenters. The number of nitrogens with zero attached hydrogens (tertiary/aromatic N) is 4. The number of anilines is 1. The number of nitrogens with two attached hydrogens (primary N) is 1. The first-order chi connectivity index (χ1) is 13.0. The molecule has 2 aromatic rings. The SMILES string of the molecule is Nc1ncnc2c1ncn2[C@H]1[C@H](O)[C@H](O)C2(COP(=O)(O)CP(=O)(O)O)C[C@H]12. The van der Waals surface area contributed by atoms with Gasteiger partial charge in [-0.25, -0.2) is 15.0 Å². The Bertz CT molecular complexity index is 1030. The van der Waals surface area contributed by atoms with E-state index in [0.29, 0.717) is 17.6 Å². The Morgan fingerprint density at radius 1 is 1.25 bits per heavy atom. The molecule has 15 heteroatoms. The molecule has 0 amide bonds. The van der Waals surface area contributed by atoms with Crippen molar-refractivity contribution < 1.29 is 38.5 Å². The summed E-state index contributed by atoms with van der Waals surface area (Å²) in [5, 5.41) is 21.1. The summed E-state index contributed by atoms with van der Waals surface area (Å²) in [6.07, 6.45) is 0.563. The summed E-state index contributed by atoms with van der Waals surface area (Å²) in [6.45, 7) is -0.427. The molecule has 7 N–H and O–H groups in total. The molecule has 13 nitrogen and oxygen atoms in total. The van der Waals surface area contributed by atoms with Crippen LogP contribution < -0.4 is 5.73 Å². The third kappa shape index (κ3) is 3.17. The summed E-state index contributed by atoms with van der Waals surface area (Å²) in [4.78, 5) is 39.5. The summed E-state index contributed by atoms with van der Waals surface area (Å²) in [7, 11) is -9.32. The summed E-state index contributed by atoms with van der Waals surface area (Å²) in [5.41, 5.74) is 5.48. The maximum absolute atomic E-state index is 11.9. The second-order valence-corrected chi connectivity index (χ2v) is 11.3. The van der Waals surface area contributed by atoms with Gasteiger partial charge in [-0.3, -0.25) is 9.13 Å². The van der Waals surface area contributed by atoms with Gasteiger partial charge < -0.3 is 39.7 Å². The molecule has 2 aliphatic carbocycles. The summed E-state index contributed by atoms with van der Waals surface area (Å²) >= 11 is 0. The van der Waals surface area contributed by atoms with Crippen LogP contribution in [0.1, 0.15) is 12.5 Å². The molecule has 2 aromatic heterocycles. The molecule has 0 saturated heterocycles. The predicted octanol–water partition coefficient (Wildman–Crippen LogP) is -0.972. The maximum atomic E-state index is 11.9. The molecule has 2 fully saturated rings. The lowest BCUT2D eigenvalue weighted by atomic mass is 10.0.